The summed E-state index contributed by atoms with van der Waals surface area (Å²) >= 11 is 1.36. The van der Waals surface area contributed by atoms with Crippen molar-refractivity contribution in [3.8, 4) is 0 Å². The molecule has 1 heterocycles. The number of hydrazine groups is 1. The molecule has 0 spiro atoms. The summed E-state index contributed by atoms with van der Waals surface area (Å²) in [6.07, 6.45) is 2.15. The first-order valence-corrected chi connectivity index (χ1v) is 7.27. The Morgan fingerprint density at radius 1 is 1.25 bits per heavy atom. The molecule has 5 N–H and O–H groups in total. The molecular weight excluding hydrogens is 272 g/mol. The summed E-state index contributed by atoms with van der Waals surface area (Å²) in [5.41, 5.74) is 7.23. The van der Waals surface area contributed by atoms with Crippen molar-refractivity contribution in [1.29, 1.82) is 0 Å². The molecule has 0 unspecified atom stereocenters. The summed E-state index contributed by atoms with van der Waals surface area (Å²) in [7, 11) is 0. The van der Waals surface area contributed by atoms with Gasteiger partial charge in [-0.05, 0) is 37.1 Å². The topological polar surface area (TPSA) is 84.4 Å². The van der Waals surface area contributed by atoms with E-state index in [1.54, 1.807) is 12.1 Å². The normalized spacial score (nSPS) is 14.1. The van der Waals surface area contributed by atoms with Gasteiger partial charge in [0.25, 0.3) is 5.91 Å². The number of anilines is 3. The Morgan fingerprint density at radius 2 is 2.00 bits per heavy atom. The van der Waals surface area contributed by atoms with Crippen LogP contribution < -0.4 is 21.9 Å². The van der Waals surface area contributed by atoms with Crippen LogP contribution in [0, 0.1) is 0 Å². The van der Waals surface area contributed by atoms with Gasteiger partial charge in [0.05, 0.1) is 16.3 Å². The Bertz CT molecular complexity index is 636. The van der Waals surface area contributed by atoms with Gasteiger partial charge in [-0.25, -0.2) is 5.84 Å². The van der Waals surface area contributed by atoms with Crippen molar-refractivity contribution in [2.75, 3.05) is 10.7 Å². The number of thiophene rings is 1. The highest BCUT2D eigenvalue weighted by Crippen LogP contribution is 2.32. The molecule has 6 heteroatoms. The van der Waals surface area contributed by atoms with Gasteiger partial charge in [-0.15, -0.1) is 11.3 Å². The molecule has 0 bridgehead atoms. The third-order valence-electron chi connectivity index (χ3n) is 3.16. The van der Waals surface area contributed by atoms with Gasteiger partial charge in [-0.3, -0.25) is 9.80 Å². The highest BCUT2D eigenvalue weighted by atomic mass is 32.1. The average molecular weight is 288 g/mol. The number of nitrogen functional groups attached to an aromatic ring is 1. The van der Waals surface area contributed by atoms with E-state index in [0.29, 0.717) is 16.6 Å². The summed E-state index contributed by atoms with van der Waals surface area (Å²) in [6.45, 7) is 0. The van der Waals surface area contributed by atoms with E-state index < -0.39 is 0 Å². The van der Waals surface area contributed by atoms with Gasteiger partial charge in [0.2, 0.25) is 0 Å². The number of carbonyl (C=O) groups excluding carboxylic acids is 1. The molecule has 5 nitrogen and oxygen atoms in total. The largest absolute Gasteiger partial charge is 0.397 e. The molecule has 0 atom stereocenters. The van der Waals surface area contributed by atoms with Crippen LogP contribution in [-0.4, -0.2) is 11.9 Å². The Balaban J connectivity index is 1.78. The van der Waals surface area contributed by atoms with Crippen LogP contribution in [0.5, 0.6) is 0 Å². The van der Waals surface area contributed by atoms with Crippen LogP contribution in [0.2, 0.25) is 0 Å². The zero-order chi connectivity index (χ0) is 14.1. The average Bonchev–Trinajstić information content (AvgIpc) is 3.11. The summed E-state index contributed by atoms with van der Waals surface area (Å²) in [5.74, 6) is 6.05. The second-order valence-corrected chi connectivity index (χ2v) is 5.88. The molecular formula is C14H16N4OS. The maximum Gasteiger partial charge on any atom is 0.261 e. The van der Waals surface area contributed by atoms with Gasteiger partial charge in [-0.2, -0.15) is 0 Å². The van der Waals surface area contributed by atoms with Crippen molar-refractivity contribution in [2.24, 2.45) is 5.84 Å². The van der Waals surface area contributed by atoms with E-state index >= 15 is 0 Å². The number of amides is 1. The van der Waals surface area contributed by atoms with Crippen molar-refractivity contribution >= 4 is 33.6 Å². The minimum atomic E-state index is -0.0295. The van der Waals surface area contributed by atoms with Crippen LogP contribution in [0.1, 0.15) is 22.5 Å². The lowest BCUT2D eigenvalue weighted by Gasteiger charge is -2.18. The highest BCUT2D eigenvalue weighted by molar-refractivity contribution is 7.18. The summed E-state index contributed by atoms with van der Waals surface area (Å²) in [4.78, 5) is 12.6. The first kappa shape index (κ1) is 13.0. The molecule has 20 heavy (non-hydrogen) atoms. The summed E-state index contributed by atoms with van der Waals surface area (Å²) < 4.78 is 0. The van der Waals surface area contributed by atoms with Crippen molar-refractivity contribution < 1.29 is 4.79 Å². The van der Waals surface area contributed by atoms with Gasteiger partial charge in [-0.1, -0.05) is 12.1 Å². The lowest BCUT2D eigenvalue weighted by molar-refractivity contribution is 0.0955. The van der Waals surface area contributed by atoms with Gasteiger partial charge in [0.15, 0.2) is 0 Å². The molecule has 0 aliphatic heterocycles. The lowest BCUT2D eigenvalue weighted by atomic mass is 10.2. The molecule has 3 rings (SSSR count). The number of carbonyl (C=O) groups is 1. The Kier molecular flexibility index (Phi) is 3.33. The van der Waals surface area contributed by atoms with E-state index in [0.717, 1.165) is 23.5 Å². The Hall–Kier alpha value is -2.05. The monoisotopic (exact) mass is 288 g/mol. The van der Waals surface area contributed by atoms with E-state index in [4.69, 9.17) is 11.6 Å². The van der Waals surface area contributed by atoms with Crippen LogP contribution in [0.15, 0.2) is 36.4 Å². The van der Waals surface area contributed by atoms with Crippen LogP contribution in [0.25, 0.3) is 0 Å². The molecule has 1 aromatic heterocycles. The summed E-state index contributed by atoms with van der Waals surface area (Å²) in [6, 6.07) is 11.3. The first-order chi connectivity index (χ1) is 9.65. The number of rotatable bonds is 4. The third-order valence-corrected chi connectivity index (χ3v) is 4.25. The highest BCUT2D eigenvalue weighted by Gasteiger charge is 2.24. The molecule has 0 radical (unpaired) electrons. The van der Waals surface area contributed by atoms with Crippen molar-refractivity contribution in [2.45, 2.75) is 18.9 Å². The number of nitrogens with one attached hydrogen (secondary N) is 1. The number of hydrogen-bond donors (Lipinski definition) is 3. The predicted molar refractivity (Wildman–Crippen MR) is 82.0 cm³/mol. The fraction of sp³-hybridized carbons (Fsp3) is 0.214. The van der Waals surface area contributed by atoms with Crippen LogP contribution in [-0.2, 0) is 0 Å². The minimum absolute atomic E-state index is 0.0295. The maximum absolute atomic E-state index is 11.9. The fourth-order valence-corrected chi connectivity index (χ4v) is 2.73. The minimum Gasteiger partial charge on any atom is -0.397 e. The second kappa shape index (κ2) is 5.15. The van der Waals surface area contributed by atoms with E-state index in [9.17, 15) is 4.79 Å². The van der Waals surface area contributed by atoms with E-state index in [1.165, 1.54) is 16.3 Å². The van der Waals surface area contributed by atoms with E-state index in [-0.39, 0.29) is 5.91 Å². The quantitative estimate of drug-likeness (QED) is 0.457. The van der Waals surface area contributed by atoms with Crippen molar-refractivity contribution in [1.82, 2.24) is 5.32 Å². The maximum atomic E-state index is 11.9. The number of nitrogens with zero attached hydrogens (tertiary/aromatic N) is 1. The van der Waals surface area contributed by atoms with E-state index in [2.05, 4.69) is 5.32 Å². The first-order valence-electron chi connectivity index (χ1n) is 6.45. The molecule has 1 aliphatic carbocycles. The Labute approximate surface area is 121 Å². The zero-order valence-corrected chi connectivity index (χ0v) is 11.7. The van der Waals surface area contributed by atoms with Crippen molar-refractivity contribution in [3.05, 3.63) is 41.3 Å². The molecule has 104 valence electrons. The molecule has 1 fully saturated rings. The molecule has 2 aromatic rings. The number of nitrogens with two attached hydrogens (primary N) is 2. The predicted octanol–water partition coefficient (Wildman–Crippen LogP) is 2.23. The van der Waals surface area contributed by atoms with Gasteiger partial charge < -0.3 is 11.1 Å². The van der Waals surface area contributed by atoms with E-state index in [1.807, 2.05) is 24.3 Å². The fourth-order valence-electron chi connectivity index (χ4n) is 1.89. The molecule has 1 aromatic carbocycles. The van der Waals surface area contributed by atoms with Crippen LogP contribution in [0.4, 0.5) is 16.4 Å². The van der Waals surface area contributed by atoms with Gasteiger partial charge >= 0.3 is 0 Å². The zero-order valence-electron chi connectivity index (χ0n) is 10.9. The number of benzene rings is 1. The number of hydrogen-bond acceptors (Lipinski definition) is 5. The molecule has 1 aliphatic rings. The lowest BCUT2D eigenvalue weighted by Crippen LogP contribution is -2.25. The second-order valence-electron chi connectivity index (χ2n) is 4.81. The SMILES string of the molecule is Nc1ccccc1N(N)c1ccc(C(=O)NC2CC2)s1. The summed E-state index contributed by atoms with van der Waals surface area (Å²) in [5, 5.41) is 5.25. The standard InChI is InChI=1S/C14H16N4OS/c15-10-3-1-2-4-11(10)18(16)13-8-7-12(20-13)14(19)17-9-5-6-9/h1-4,7-9H,5-6,15-16H2,(H,17,19). The van der Waals surface area contributed by atoms with Crippen molar-refractivity contribution in [3.63, 3.8) is 0 Å². The van der Waals surface area contributed by atoms with Gasteiger partial charge in [0, 0.05) is 6.04 Å². The van der Waals surface area contributed by atoms with Gasteiger partial charge in [0.1, 0.15) is 5.00 Å². The van der Waals surface area contributed by atoms with Crippen LogP contribution >= 0.6 is 11.3 Å². The number of para-hydroxylation sites is 2. The third kappa shape index (κ3) is 2.61. The Morgan fingerprint density at radius 3 is 2.70 bits per heavy atom. The molecule has 1 saturated carbocycles. The smallest absolute Gasteiger partial charge is 0.261 e. The molecule has 1 amide bonds. The molecule has 0 saturated heterocycles. The van der Waals surface area contributed by atoms with Crippen LogP contribution in [0.3, 0.4) is 0 Å².